The molecule has 96 valence electrons. The summed E-state index contributed by atoms with van der Waals surface area (Å²) in [6, 6.07) is 2.77. The van der Waals surface area contributed by atoms with Gasteiger partial charge in [-0.1, -0.05) is 15.9 Å². The third kappa shape index (κ3) is 2.07. The van der Waals surface area contributed by atoms with E-state index in [2.05, 4.69) is 25.8 Å². The van der Waals surface area contributed by atoms with Gasteiger partial charge in [-0.3, -0.25) is 9.78 Å². The van der Waals surface area contributed by atoms with Gasteiger partial charge < -0.3 is 4.90 Å². The molecule has 2 saturated heterocycles. The number of nitrogens with zero attached hydrogens (tertiary/aromatic N) is 2. The first-order chi connectivity index (χ1) is 8.65. The first-order valence-electron chi connectivity index (χ1n) is 6.53. The van der Waals surface area contributed by atoms with Gasteiger partial charge in [0, 0.05) is 29.3 Å². The van der Waals surface area contributed by atoms with Crippen LogP contribution in [0.3, 0.4) is 0 Å². The molecule has 3 rings (SSSR count). The second-order valence-corrected chi connectivity index (χ2v) is 6.71. The molecule has 4 heteroatoms. The highest BCUT2D eigenvalue weighted by Crippen LogP contribution is 2.39. The van der Waals surface area contributed by atoms with Crippen molar-refractivity contribution in [3.8, 4) is 0 Å². The van der Waals surface area contributed by atoms with Gasteiger partial charge in [-0.25, -0.2) is 0 Å². The van der Waals surface area contributed by atoms with E-state index in [1.165, 1.54) is 0 Å². The highest BCUT2D eigenvalue weighted by molar-refractivity contribution is 9.09. The smallest absolute Gasteiger partial charge is 0.255 e. The van der Waals surface area contributed by atoms with Gasteiger partial charge in [0.05, 0.1) is 5.56 Å². The van der Waals surface area contributed by atoms with Crippen LogP contribution >= 0.6 is 15.9 Å². The van der Waals surface area contributed by atoms with E-state index in [-0.39, 0.29) is 5.91 Å². The number of piperidine rings is 1. The number of rotatable bonds is 1. The third-order valence-corrected chi connectivity index (χ3v) is 4.78. The topological polar surface area (TPSA) is 33.2 Å². The fourth-order valence-electron chi connectivity index (χ4n) is 3.26. The van der Waals surface area contributed by atoms with E-state index in [4.69, 9.17) is 0 Å². The molecule has 0 saturated carbocycles. The van der Waals surface area contributed by atoms with Crippen LogP contribution < -0.4 is 0 Å². The largest absolute Gasteiger partial charge is 0.333 e. The first-order valence-corrected chi connectivity index (χ1v) is 7.45. The Balaban J connectivity index is 1.85. The van der Waals surface area contributed by atoms with E-state index in [0.717, 1.165) is 36.8 Å². The maximum atomic E-state index is 12.6. The van der Waals surface area contributed by atoms with Crippen LogP contribution in [0.1, 0.15) is 41.6 Å². The Bertz CT molecular complexity index is 463. The highest BCUT2D eigenvalue weighted by Gasteiger charge is 2.42. The molecule has 0 N–H and O–H groups in total. The summed E-state index contributed by atoms with van der Waals surface area (Å²) in [5, 5.41) is 0. The van der Waals surface area contributed by atoms with E-state index in [0.29, 0.717) is 16.9 Å². The second kappa shape index (κ2) is 4.65. The number of alkyl halides is 1. The van der Waals surface area contributed by atoms with E-state index in [9.17, 15) is 4.79 Å². The van der Waals surface area contributed by atoms with Crippen molar-refractivity contribution in [2.75, 3.05) is 0 Å². The van der Waals surface area contributed by atoms with E-state index >= 15 is 0 Å². The number of hydrogen-bond donors (Lipinski definition) is 0. The van der Waals surface area contributed by atoms with Gasteiger partial charge in [0.15, 0.2) is 0 Å². The van der Waals surface area contributed by atoms with Crippen molar-refractivity contribution >= 4 is 21.8 Å². The minimum Gasteiger partial charge on any atom is -0.333 e. The molecule has 2 unspecified atom stereocenters. The lowest BCUT2D eigenvalue weighted by atomic mass is 10.0. The Morgan fingerprint density at radius 2 is 2.00 bits per heavy atom. The predicted molar refractivity (Wildman–Crippen MR) is 73.9 cm³/mol. The van der Waals surface area contributed by atoms with Crippen molar-refractivity contribution in [3.63, 3.8) is 0 Å². The van der Waals surface area contributed by atoms with Crippen LogP contribution in [0.4, 0.5) is 0 Å². The van der Waals surface area contributed by atoms with E-state index in [1.54, 1.807) is 12.4 Å². The number of carbonyl (C=O) groups excluding carboxylic acids is 1. The molecule has 2 bridgehead atoms. The molecule has 2 aliphatic heterocycles. The summed E-state index contributed by atoms with van der Waals surface area (Å²) in [5.74, 6) is 0.165. The third-order valence-electron chi connectivity index (χ3n) is 4.03. The lowest BCUT2D eigenvalue weighted by Gasteiger charge is -2.37. The molecule has 2 fully saturated rings. The summed E-state index contributed by atoms with van der Waals surface area (Å²) >= 11 is 3.70. The molecule has 3 nitrogen and oxygen atoms in total. The second-order valence-electron chi connectivity index (χ2n) is 5.42. The molecule has 0 aliphatic carbocycles. The zero-order chi connectivity index (χ0) is 12.7. The fraction of sp³-hybridized carbons (Fsp3) is 0.571. The van der Waals surface area contributed by atoms with Crippen molar-refractivity contribution in [1.82, 2.24) is 9.88 Å². The number of aromatic nitrogens is 1. The van der Waals surface area contributed by atoms with Crippen LogP contribution in [0.15, 0.2) is 18.5 Å². The standard InChI is InChI=1S/C14H17BrN2O/c1-9-4-10(8-16-7-9)14(18)17-12-2-3-13(17)6-11(15)5-12/h4,7-8,11-13H,2-3,5-6H2,1H3. The number of fused-ring (bicyclic) bond motifs is 2. The Morgan fingerprint density at radius 1 is 1.33 bits per heavy atom. The molecule has 1 amide bonds. The number of carbonyl (C=O) groups is 1. The molecule has 1 aromatic heterocycles. The normalized spacial score (nSPS) is 30.6. The van der Waals surface area contributed by atoms with Crippen molar-refractivity contribution < 1.29 is 4.79 Å². The van der Waals surface area contributed by atoms with Gasteiger partial charge in [-0.05, 0) is 44.2 Å². The summed E-state index contributed by atoms with van der Waals surface area (Å²) in [6.07, 6.45) is 7.95. The van der Waals surface area contributed by atoms with Gasteiger partial charge in [0.1, 0.15) is 0 Å². The molecule has 0 radical (unpaired) electrons. The van der Waals surface area contributed by atoms with Crippen molar-refractivity contribution in [2.45, 2.75) is 49.5 Å². The van der Waals surface area contributed by atoms with Crippen LogP contribution in [-0.4, -0.2) is 32.7 Å². The number of pyridine rings is 1. The zero-order valence-corrected chi connectivity index (χ0v) is 12.1. The summed E-state index contributed by atoms with van der Waals surface area (Å²) in [4.78, 5) is 19.4. The average Bonchev–Trinajstić information content (AvgIpc) is 2.61. The van der Waals surface area contributed by atoms with Gasteiger partial charge in [0.25, 0.3) is 5.91 Å². The van der Waals surface area contributed by atoms with Gasteiger partial charge >= 0.3 is 0 Å². The molecule has 1 aromatic rings. The molecule has 2 atom stereocenters. The maximum Gasteiger partial charge on any atom is 0.255 e. The summed E-state index contributed by atoms with van der Waals surface area (Å²) in [7, 11) is 0. The molecule has 2 aliphatic rings. The quantitative estimate of drug-likeness (QED) is 0.747. The van der Waals surface area contributed by atoms with Crippen LogP contribution in [0.2, 0.25) is 0 Å². The summed E-state index contributed by atoms with van der Waals surface area (Å²) < 4.78 is 0. The number of halogens is 1. The van der Waals surface area contributed by atoms with Crippen molar-refractivity contribution in [2.24, 2.45) is 0 Å². The summed E-state index contributed by atoms with van der Waals surface area (Å²) in [5.41, 5.74) is 1.78. The van der Waals surface area contributed by atoms with Gasteiger partial charge in [-0.2, -0.15) is 0 Å². The molecule has 18 heavy (non-hydrogen) atoms. The Kier molecular flexibility index (Phi) is 3.14. The lowest BCUT2D eigenvalue weighted by Crippen LogP contribution is -2.46. The molecular weight excluding hydrogens is 292 g/mol. The predicted octanol–water partition coefficient (Wildman–Crippen LogP) is 2.92. The monoisotopic (exact) mass is 308 g/mol. The van der Waals surface area contributed by atoms with Crippen LogP contribution in [0.5, 0.6) is 0 Å². The molecular formula is C14H17BrN2O. The van der Waals surface area contributed by atoms with Gasteiger partial charge in [-0.15, -0.1) is 0 Å². The fourth-order valence-corrected chi connectivity index (χ4v) is 4.13. The Labute approximate surface area is 116 Å². The van der Waals surface area contributed by atoms with Crippen LogP contribution in [0, 0.1) is 6.92 Å². The number of hydrogen-bond acceptors (Lipinski definition) is 2. The van der Waals surface area contributed by atoms with Crippen LogP contribution in [-0.2, 0) is 0 Å². The lowest BCUT2D eigenvalue weighted by molar-refractivity contribution is 0.0603. The number of amides is 1. The molecule has 0 spiro atoms. The maximum absolute atomic E-state index is 12.6. The molecule has 3 heterocycles. The first kappa shape index (κ1) is 12.2. The number of aryl methyl sites for hydroxylation is 1. The minimum atomic E-state index is 0.165. The SMILES string of the molecule is Cc1cncc(C(=O)N2C3CCC2CC(Br)C3)c1. The van der Waals surface area contributed by atoms with Gasteiger partial charge in [0.2, 0.25) is 0 Å². The zero-order valence-electron chi connectivity index (χ0n) is 10.5. The molecule has 0 aromatic carbocycles. The van der Waals surface area contributed by atoms with E-state index < -0.39 is 0 Å². The van der Waals surface area contributed by atoms with Crippen LogP contribution in [0.25, 0.3) is 0 Å². The summed E-state index contributed by atoms with van der Waals surface area (Å²) in [6.45, 7) is 1.98. The average molecular weight is 309 g/mol. The minimum absolute atomic E-state index is 0.165. The Morgan fingerprint density at radius 3 is 2.61 bits per heavy atom. The van der Waals surface area contributed by atoms with Crippen molar-refractivity contribution in [1.29, 1.82) is 0 Å². The van der Waals surface area contributed by atoms with E-state index in [1.807, 2.05) is 13.0 Å². The highest BCUT2D eigenvalue weighted by atomic mass is 79.9. The van der Waals surface area contributed by atoms with Crippen molar-refractivity contribution in [3.05, 3.63) is 29.6 Å². The Hall–Kier alpha value is -0.900.